The summed E-state index contributed by atoms with van der Waals surface area (Å²) in [5.41, 5.74) is -0.866. The predicted octanol–water partition coefficient (Wildman–Crippen LogP) is 2.98. The number of pyridine rings is 1. The SMILES string of the molecule is CN(CC1CCCCO1)c1nc(C(F)(F)F)ccc1C#N. The third-order valence-electron chi connectivity index (χ3n) is 3.40. The Morgan fingerprint density at radius 3 is 2.76 bits per heavy atom. The Kier molecular flexibility index (Phi) is 4.68. The Hall–Kier alpha value is -1.81. The van der Waals surface area contributed by atoms with Crippen LogP contribution in [0.2, 0.25) is 0 Å². The number of rotatable bonds is 3. The molecule has 0 saturated carbocycles. The summed E-state index contributed by atoms with van der Waals surface area (Å²) in [5.74, 6) is 0.0431. The Morgan fingerprint density at radius 1 is 1.43 bits per heavy atom. The Bertz CT molecular complexity index is 533. The van der Waals surface area contributed by atoms with Gasteiger partial charge in [-0.1, -0.05) is 0 Å². The summed E-state index contributed by atoms with van der Waals surface area (Å²) in [6.07, 6.45) is -1.65. The molecule has 1 aliphatic rings. The smallest absolute Gasteiger partial charge is 0.376 e. The highest BCUT2D eigenvalue weighted by Gasteiger charge is 2.33. The number of hydrogen-bond donors (Lipinski definition) is 0. The van der Waals surface area contributed by atoms with Crippen LogP contribution in [0.15, 0.2) is 12.1 Å². The van der Waals surface area contributed by atoms with Gasteiger partial charge in [0, 0.05) is 20.2 Å². The van der Waals surface area contributed by atoms with Crippen molar-refractivity contribution in [3.8, 4) is 6.07 Å². The maximum absolute atomic E-state index is 12.7. The molecular weight excluding hydrogens is 283 g/mol. The van der Waals surface area contributed by atoms with Crippen LogP contribution in [0.1, 0.15) is 30.5 Å². The third-order valence-corrected chi connectivity index (χ3v) is 3.40. The lowest BCUT2D eigenvalue weighted by atomic mass is 10.1. The molecule has 0 spiro atoms. The van der Waals surface area contributed by atoms with Gasteiger partial charge in [0.2, 0.25) is 0 Å². The van der Waals surface area contributed by atoms with Crippen molar-refractivity contribution in [3.05, 3.63) is 23.4 Å². The molecule has 2 heterocycles. The van der Waals surface area contributed by atoms with Gasteiger partial charge < -0.3 is 9.64 Å². The topological polar surface area (TPSA) is 49.1 Å². The zero-order valence-electron chi connectivity index (χ0n) is 11.7. The van der Waals surface area contributed by atoms with Gasteiger partial charge in [0.05, 0.1) is 11.7 Å². The lowest BCUT2D eigenvalue weighted by Crippen LogP contribution is -2.34. The highest BCUT2D eigenvalue weighted by Crippen LogP contribution is 2.30. The summed E-state index contributed by atoms with van der Waals surface area (Å²) in [7, 11) is 1.63. The van der Waals surface area contributed by atoms with Crippen LogP contribution in [-0.4, -0.2) is 31.3 Å². The van der Waals surface area contributed by atoms with Crippen LogP contribution in [0.3, 0.4) is 0 Å². The lowest BCUT2D eigenvalue weighted by Gasteiger charge is -2.28. The van der Waals surface area contributed by atoms with E-state index in [9.17, 15) is 13.2 Å². The fourth-order valence-electron chi connectivity index (χ4n) is 2.33. The summed E-state index contributed by atoms with van der Waals surface area (Å²) >= 11 is 0. The van der Waals surface area contributed by atoms with E-state index in [4.69, 9.17) is 10.00 Å². The van der Waals surface area contributed by atoms with Gasteiger partial charge in [0.1, 0.15) is 17.6 Å². The van der Waals surface area contributed by atoms with Gasteiger partial charge in [-0.3, -0.25) is 0 Å². The van der Waals surface area contributed by atoms with E-state index in [1.165, 1.54) is 0 Å². The van der Waals surface area contributed by atoms with Gasteiger partial charge >= 0.3 is 6.18 Å². The monoisotopic (exact) mass is 299 g/mol. The molecule has 1 saturated heterocycles. The molecule has 1 aromatic heterocycles. The second-order valence-corrected chi connectivity index (χ2v) is 5.05. The normalized spacial score (nSPS) is 19.1. The van der Waals surface area contributed by atoms with Crippen LogP contribution < -0.4 is 4.90 Å². The van der Waals surface area contributed by atoms with E-state index in [0.717, 1.165) is 31.4 Å². The van der Waals surface area contributed by atoms with Crippen LogP contribution in [0.4, 0.5) is 19.0 Å². The Labute approximate surface area is 121 Å². The molecule has 0 radical (unpaired) electrons. The molecule has 0 aliphatic carbocycles. The van der Waals surface area contributed by atoms with Crippen LogP contribution in [-0.2, 0) is 10.9 Å². The molecular formula is C14H16F3N3O. The second kappa shape index (κ2) is 6.31. The fraction of sp³-hybridized carbons (Fsp3) is 0.571. The molecule has 1 fully saturated rings. The summed E-state index contributed by atoms with van der Waals surface area (Å²) in [6, 6.07) is 3.86. The number of nitrogens with zero attached hydrogens (tertiary/aromatic N) is 3. The predicted molar refractivity (Wildman–Crippen MR) is 70.8 cm³/mol. The van der Waals surface area contributed by atoms with E-state index in [2.05, 4.69) is 4.98 Å². The Morgan fingerprint density at radius 2 is 2.19 bits per heavy atom. The number of anilines is 1. The maximum atomic E-state index is 12.7. The number of hydrogen-bond acceptors (Lipinski definition) is 4. The van der Waals surface area contributed by atoms with Crippen LogP contribution in [0, 0.1) is 11.3 Å². The molecule has 0 amide bonds. The number of halogens is 3. The van der Waals surface area contributed by atoms with Crippen LogP contribution >= 0.6 is 0 Å². The van der Waals surface area contributed by atoms with E-state index in [1.807, 2.05) is 6.07 Å². The van der Waals surface area contributed by atoms with Gasteiger partial charge in [-0.2, -0.15) is 18.4 Å². The summed E-state index contributed by atoms with van der Waals surface area (Å²) in [5, 5.41) is 9.04. The van der Waals surface area contributed by atoms with Crippen molar-refractivity contribution in [2.45, 2.75) is 31.5 Å². The van der Waals surface area contributed by atoms with E-state index in [1.54, 1.807) is 11.9 Å². The molecule has 1 atom stereocenters. The van der Waals surface area contributed by atoms with Gasteiger partial charge in [-0.05, 0) is 31.4 Å². The largest absolute Gasteiger partial charge is 0.433 e. The first kappa shape index (κ1) is 15.6. The average Bonchev–Trinajstić information content (AvgIpc) is 2.46. The maximum Gasteiger partial charge on any atom is 0.433 e. The first-order chi connectivity index (χ1) is 9.91. The van der Waals surface area contributed by atoms with Gasteiger partial charge in [0.15, 0.2) is 0 Å². The molecule has 2 rings (SSSR count). The van der Waals surface area contributed by atoms with E-state index >= 15 is 0 Å². The Balaban J connectivity index is 2.21. The molecule has 21 heavy (non-hydrogen) atoms. The zero-order valence-corrected chi connectivity index (χ0v) is 11.7. The first-order valence-corrected chi connectivity index (χ1v) is 6.73. The molecule has 0 N–H and O–H groups in total. The zero-order chi connectivity index (χ0) is 15.5. The number of nitriles is 1. The molecule has 0 bridgehead atoms. The number of aromatic nitrogens is 1. The van der Waals surface area contributed by atoms with Crippen LogP contribution in [0.5, 0.6) is 0 Å². The summed E-state index contributed by atoms with van der Waals surface area (Å²) in [4.78, 5) is 5.16. The third kappa shape index (κ3) is 3.85. The van der Waals surface area contributed by atoms with E-state index in [-0.39, 0.29) is 17.5 Å². The van der Waals surface area contributed by atoms with Crippen molar-refractivity contribution in [3.63, 3.8) is 0 Å². The van der Waals surface area contributed by atoms with Crippen molar-refractivity contribution < 1.29 is 17.9 Å². The molecule has 114 valence electrons. The standard InChI is InChI=1S/C14H16F3N3O/c1-20(9-11-4-2-3-7-21-11)13-10(8-18)5-6-12(19-13)14(15,16)17/h5-6,11H,2-4,7,9H2,1H3. The summed E-state index contributed by atoms with van der Waals surface area (Å²) < 4.78 is 43.8. The minimum absolute atomic E-state index is 0.0355. The number of likely N-dealkylation sites (N-methyl/N-ethyl adjacent to an activating group) is 1. The van der Waals surface area contributed by atoms with Crippen molar-refractivity contribution >= 4 is 5.82 Å². The van der Waals surface area contributed by atoms with Crippen molar-refractivity contribution in [1.29, 1.82) is 5.26 Å². The van der Waals surface area contributed by atoms with Gasteiger partial charge in [0.25, 0.3) is 0 Å². The molecule has 0 aromatic carbocycles. The van der Waals surface area contributed by atoms with Crippen molar-refractivity contribution in [2.75, 3.05) is 25.1 Å². The number of alkyl halides is 3. The quantitative estimate of drug-likeness (QED) is 0.861. The highest BCUT2D eigenvalue weighted by molar-refractivity contribution is 5.54. The second-order valence-electron chi connectivity index (χ2n) is 5.05. The van der Waals surface area contributed by atoms with E-state index < -0.39 is 11.9 Å². The fourth-order valence-corrected chi connectivity index (χ4v) is 2.33. The number of ether oxygens (including phenoxy) is 1. The summed E-state index contributed by atoms with van der Waals surface area (Å²) in [6.45, 7) is 1.09. The molecule has 4 nitrogen and oxygen atoms in total. The minimum Gasteiger partial charge on any atom is -0.376 e. The first-order valence-electron chi connectivity index (χ1n) is 6.73. The molecule has 1 aliphatic heterocycles. The van der Waals surface area contributed by atoms with Gasteiger partial charge in [-0.15, -0.1) is 0 Å². The van der Waals surface area contributed by atoms with Crippen molar-refractivity contribution in [2.24, 2.45) is 0 Å². The van der Waals surface area contributed by atoms with Gasteiger partial charge in [-0.25, -0.2) is 4.98 Å². The minimum atomic E-state index is -4.52. The molecule has 1 aromatic rings. The highest BCUT2D eigenvalue weighted by atomic mass is 19.4. The molecule has 7 heteroatoms. The van der Waals surface area contributed by atoms with Crippen LogP contribution in [0.25, 0.3) is 0 Å². The average molecular weight is 299 g/mol. The molecule has 1 unspecified atom stereocenters. The lowest BCUT2D eigenvalue weighted by molar-refractivity contribution is -0.141. The van der Waals surface area contributed by atoms with Crippen molar-refractivity contribution in [1.82, 2.24) is 4.98 Å². The van der Waals surface area contributed by atoms with E-state index in [0.29, 0.717) is 13.2 Å².